The van der Waals surface area contributed by atoms with Crippen LogP contribution in [0.4, 0.5) is 0 Å². The predicted molar refractivity (Wildman–Crippen MR) is 251 cm³/mol. The molecule has 0 aliphatic heterocycles. The van der Waals surface area contributed by atoms with Crippen LogP contribution >= 0.6 is 0 Å². The van der Waals surface area contributed by atoms with Gasteiger partial charge in [0, 0.05) is 38.6 Å². The predicted octanol–water partition coefficient (Wildman–Crippen LogP) is 15.1. The lowest BCUT2D eigenvalue weighted by atomic mass is 9.78. The van der Waals surface area contributed by atoms with E-state index in [1.807, 2.05) is 12.1 Å². The Morgan fingerprint density at radius 2 is 0.689 bits per heavy atom. The molecule has 0 aliphatic carbocycles. The van der Waals surface area contributed by atoms with Crippen molar-refractivity contribution in [2.45, 2.75) is 0 Å². The fourth-order valence-corrected chi connectivity index (χ4v) is 8.88. The van der Waals surface area contributed by atoms with Crippen molar-refractivity contribution < 1.29 is 4.42 Å². The number of aromatic nitrogens is 3. The summed E-state index contributed by atoms with van der Waals surface area (Å²) in [7, 11) is 0. The summed E-state index contributed by atoms with van der Waals surface area (Å²) in [5.41, 5.74) is 17.6. The van der Waals surface area contributed by atoms with Gasteiger partial charge in [-0.05, 0) is 67.4 Å². The summed E-state index contributed by atoms with van der Waals surface area (Å²) in [6, 6.07) is 78.7. The van der Waals surface area contributed by atoms with Crippen LogP contribution in [0.3, 0.4) is 0 Å². The number of benzene rings is 9. The van der Waals surface area contributed by atoms with Crippen molar-refractivity contribution in [1.29, 1.82) is 0 Å². The third-order valence-electron chi connectivity index (χ3n) is 11.6. The monoisotopic (exact) mass is 779 g/mol. The van der Waals surface area contributed by atoms with Crippen molar-refractivity contribution >= 4 is 21.9 Å². The molecule has 0 N–H and O–H groups in total. The first-order valence-corrected chi connectivity index (χ1v) is 20.5. The zero-order valence-electron chi connectivity index (χ0n) is 33.1. The smallest absolute Gasteiger partial charge is 0.136 e. The molecule has 4 heteroatoms. The molecule has 0 aliphatic rings. The Kier molecular flexibility index (Phi) is 9.14. The van der Waals surface area contributed by atoms with Gasteiger partial charge in [0.25, 0.3) is 0 Å². The minimum absolute atomic E-state index is 0.729. The number of hydrogen-bond donors (Lipinski definition) is 0. The highest BCUT2D eigenvalue weighted by atomic mass is 16.3. The first-order valence-electron chi connectivity index (χ1n) is 20.5. The molecule has 9 aromatic carbocycles. The Balaban J connectivity index is 1.39. The van der Waals surface area contributed by atoms with Crippen molar-refractivity contribution in [3.05, 3.63) is 224 Å². The summed E-state index contributed by atoms with van der Waals surface area (Å²) < 4.78 is 6.71. The molecule has 0 bridgehead atoms. The molecular formula is C57H37N3O. The van der Waals surface area contributed by atoms with Gasteiger partial charge in [0.1, 0.15) is 22.6 Å². The van der Waals surface area contributed by atoms with Crippen molar-refractivity contribution in [3.63, 3.8) is 0 Å². The minimum atomic E-state index is 0.729. The highest BCUT2D eigenvalue weighted by molar-refractivity contribution is 6.20. The first kappa shape index (κ1) is 35.9. The number of para-hydroxylation sites is 1. The largest absolute Gasteiger partial charge is 0.456 e. The van der Waals surface area contributed by atoms with Gasteiger partial charge in [0.05, 0.1) is 0 Å². The van der Waals surface area contributed by atoms with Gasteiger partial charge in [-0.25, -0.2) is 0 Å². The lowest BCUT2D eigenvalue weighted by molar-refractivity contribution is 0.669. The zero-order chi connectivity index (χ0) is 40.5. The molecule has 11 rings (SSSR count). The van der Waals surface area contributed by atoms with Crippen molar-refractivity contribution in [1.82, 2.24) is 15.4 Å². The summed E-state index contributed by atoms with van der Waals surface area (Å²) in [6.45, 7) is 0. The maximum absolute atomic E-state index is 6.71. The Morgan fingerprint density at radius 3 is 1.28 bits per heavy atom. The maximum atomic E-state index is 6.71. The molecule has 0 atom stereocenters. The van der Waals surface area contributed by atoms with Crippen LogP contribution in [0.15, 0.2) is 229 Å². The summed E-state index contributed by atoms with van der Waals surface area (Å²) in [6.07, 6.45) is 0. The van der Waals surface area contributed by atoms with Crippen LogP contribution in [0.1, 0.15) is 0 Å². The highest BCUT2D eigenvalue weighted by Crippen LogP contribution is 2.54. The Morgan fingerprint density at radius 1 is 0.262 bits per heavy atom. The fourth-order valence-electron chi connectivity index (χ4n) is 8.88. The number of nitrogens with zero attached hydrogens (tertiary/aromatic N) is 3. The van der Waals surface area contributed by atoms with E-state index in [1.165, 1.54) is 0 Å². The van der Waals surface area contributed by atoms with E-state index in [-0.39, 0.29) is 0 Å². The number of furan rings is 1. The van der Waals surface area contributed by atoms with Crippen LogP contribution in [-0.4, -0.2) is 15.4 Å². The van der Waals surface area contributed by atoms with Crippen LogP contribution in [0, 0.1) is 0 Å². The first-order chi connectivity index (χ1) is 30.3. The molecule has 11 aromatic rings. The molecule has 0 saturated heterocycles. The van der Waals surface area contributed by atoms with E-state index in [1.54, 1.807) is 0 Å². The average Bonchev–Trinajstić information content (AvgIpc) is 3.73. The second kappa shape index (κ2) is 15.5. The number of fused-ring (bicyclic) bond motifs is 3. The molecule has 0 fully saturated rings. The second-order valence-electron chi connectivity index (χ2n) is 15.1. The van der Waals surface area contributed by atoms with E-state index >= 15 is 0 Å². The van der Waals surface area contributed by atoms with Gasteiger partial charge in [0.15, 0.2) is 0 Å². The summed E-state index contributed by atoms with van der Waals surface area (Å²) in [5, 5.41) is 16.8. The van der Waals surface area contributed by atoms with Gasteiger partial charge in [0.2, 0.25) is 0 Å². The third kappa shape index (κ3) is 6.39. The van der Waals surface area contributed by atoms with Gasteiger partial charge < -0.3 is 4.42 Å². The molecule has 2 aromatic heterocycles. The molecule has 0 amide bonds. The van der Waals surface area contributed by atoms with E-state index in [2.05, 4.69) is 218 Å². The summed E-state index contributed by atoms with van der Waals surface area (Å²) in [5.74, 6) is 0. The summed E-state index contributed by atoms with van der Waals surface area (Å²) in [4.78, 5) is 0. The topological polar surface area (TPSA) is 51.8 Å². The molecule has 2 heterocycles. The fraction of sp³-hybridized carbons (Fsp3) is 0. The molecule has 0 saturated carbocycles. The van der Waals surface area contributed by atoms with Crippen LogP contribution in [0.2, 0.25) is 0 Å². The van der Waals surface area contributed by atoms with Crippen LogP contribution < -0.4 is 0 Å². The van der Waals surface area contributed by atoms with Gasteiger partial charge in [-0.1, -0.05) is 212 Å². The van der Waals surface area contributed by atoms with Crippen LogP contribution in [0.5, 0.6) is 0 Å². The maximum Gasteiger partial charge on any atom is 0.136 e. The van der Waals surface area contributed by atoms with E-state index in [9.17, 15) is 0 Å². The normalized spacial score (nSPS) is 11.3. The van der Waals surface area contributed by atoms with Gasteiger partial charge >= 0.3 is 0 Å². The van der Waals surface area contributed by atoms with Gasteiger partial charge in [-0.15, -0.1) is 10.2 Å². The van der Waals surface area contributed by atoms with Gasteiger partial charge in [-0.2, -0.15) is 0 Å². The standard InChI is InChI=1S/C57H37N3O/c1-6-20-38(21-7-1)43-30-16-17-31-47(43)55-56(42-28-14-5-15-29-42)58-60-59-57(55)54-46(41-26-12-4-13-27-41)35-34-44(39-22-8-2-9-23-39)53(54)52-45(40-24-10-3-11-25-40)36-37-50-51(52)48-32-18-19-33-49(48)61-50/h1-37H. The number of rotatable bonds is 8. The van der Waals surface area contributed by atoms with Crippen LogP contribution in [0.25, 0.3) is 111 Å². The molecule has 4 nitrogen and oxygen atoms in total. The molecule has 0 unspecified atom stereocenters. The molecule has 286 valence electrons. The zero-order valence-corrected chi connectivity index (χ0v) is 33.1. The highest BCUT2D eigenvalue weighted by Gasteiger charge is 2.30. The van der Waals surface area contributed by atoms with E-state index < -0.39 is 0 Å². The second-order valence-corrected chi connectivity index (χ2v) is 15.1. The lowest BCUT2D eigenvalue weighted by Gasteiger charge is -2.24. The summed E-state index contributed by atoms with van der Waals surface area (Å²) >= 11 is 0. The molecule has 0 spiro atoms. The Bertz CT molecular complexity index is 3330. The van der Waals surface area contributed by atoms with Crippen molar-refractivity contribution in [2.75, 3.05) is 0 Å². The van der Waals surface area contributed by atoms with E-state index in [0.717, 1.165) is 111 Å². The lowest BCUT2D eigenvalue weighted by Crippen LogP contribution is -2.04. The van der Waals surface area contributed by atoms with E-state index in [4.69, 9.17) is 14.6 Å². The van der Waals surface area contributed by atoms with Gasteiger partial charge in [-0.3, -0.25) is 0 Å². The Labute approximate surface area is 354 Å². The quantitative estimate of drug-likeness (QED) is 0.154. The molecule has 0 radical (unpaired) electrons. The van der Waals surface area contributed by atoms with Crippen LogP contribution in [-0.2, 0) is 0 Å². The average molecular weight is 780 g/mol. The minimum Gasteiger partial charge on any atom is -0.456 e. The van der Waals surface area contributed by atoms with Crippen molar-refractivity contribution in [2.24, 2.45) is 0 Å². The SMILES string of the molecule is c1ccc(-c2ccccc2-c2c(-c3ccccc3)nnnc2-c2c(-c3ccccc3)ccc(-c3ccccc3)c2-c2c(-c3ccccc3)ccc3oc4ccccc4c23)cc1. The Hall–Kier alpha value is -8.21. The third-order valence-corrected chi connectivity index (χ3v) is 11.6. The van der Waals surface area contributed by atoms with Crippen molar-refractivity contribution in [3.8, 4) is 89.3 Å². The molecule has 61 heavy (non-hydrogen) atoms. The number of hydrogen-bond acceptors (Lipinski definition) is 4. The van der Waals surface area contributed by atoms with E-state index in [0.29, 0.717) is 0 Å². The molecular weight excluding hydrogens is 743 g/mol.